The van der Waals surface area contributed by atoms with E-state index in [9.17, 15) is 4.79 Å². The van der Waals surface area contributed by atoms with Crippen LogP contribution in [-0.2, 0) is 17.9 Å². The van der Waals surface area contributed by atoms with Crippen LogP contribution in [0.3, 0.4) is 0 Å². The molecule has 1 aliphatic carbocycles. The Bertz CT molecular complexity index is 423. The van der Waals surface area contributed by atoms with Gasteiger partial charge in [0.1, 0.15) is 6.54 Å². The van der Waals surface area contributed by atoms with Crippen LogP contribution in [-0.4, -0.2) is 33.5 Å². The number of hydrogen-bond acceptors (Lipinski definition) is 4. The molecule has 1 fully saturated rings. The molecule has 0 radical (unpaired) electrons. The Hall–Kier alpha value is -1.43. The van der Waals surface area contributed by atoms with E-state index in [1.807, 2.05) is 6.20 Å². The van der Waals surface area contributed by atoms with Crippen molar-refractivity contribution in [3.05, 3.63) is 11.9 Å². The van der Waals surface area contributed by atoms with Crippen molar-refractivity contribution < 1.29 is 4.79 Å². The molecule has 1 amide bonds. The summed E-state index contributed by atoms with van der Waals surface area (Å²) in [5.74, 6) is 0.0415. The number of rotatable bonds is 7. The third kappa shape index (κ3) is 5.83. The molecular formula is C15H27N5O. The third-order valence-electron chi connectivity index (χ3n) is 3.84. The lowest BCUT2D eigenvalue weighted by Crippen LogP contribution is -2.36. The first-order valence-corrected chi connectivity index (χ1v) is 8.17. The molecule has 1 aliphatic rings. The first kappa shape index (κ1) is 15.9. The molecule has 1 saturated carbocycles. The van der Waals surface area contributed by atoms with Gasteiger partial charge in [-0.2, -0.15) is 0 Å². The predicted molar refractivity (Wildman–Crippen MR) is 81.7 cm³/mol. The number of carbonyl (C=O) groups excluding carboxylic acids is 1. The first-order valence-electron chi connectivity index (χ1n) is 8.17. The highest BCUT2D eigenvalue weighted by Gasteiger charge is 2.15. The number of aromatic nitrogens is 3. The molecule has 21 heavy (non-hydrogen) atoms. The summed E-state index contributed by atoms with van der Waals surface area (Å²) in [5, 5.41) is 14.5. The lowest BCUT2D eigenvalue weighted by molar-refractivity contribution is -0.122. The average molecular weight is 293 g/mol. The minimum absolute atomic E-state index is 0.0415. The van der Waals surface area contributed by atoms with Gasteiger partial charge in [0.2, 0.25) is 5.91 Å². The van der Waals surface area contributed by atoms with Crippen molar-refractivity contribution in [2.45, 2.75) is 71.0 Å². The average Bonchev–Trinajstić information content (AvgIpc) is 2.74. The van der Waals surface area contributed by atoms with Crippen LogP contribution in [0.4, 0.5) is 0 Å². The summed E-state index contributed by atoms with van der Waals surface area (Å²) in [6.45, 7) is 4.06. The lowest BCUT2D eigenvalue weighted by atomic mass is 10.1. The molecule has 118 valence electrons. The van der Waals surface area contributed by atoms with Crippen LogP contribution in [0.2, 0.25) is 0 Å². The standard InChI is InChI=1S/C15H27N5O/c1-2-9-16-10-14-11-20(19-18-14)12-15(21)17-13-7-5-3-4-6-8-13/h11,13,16H,2-10,12H2,1H3,(H,17,21). The lowest BCUT2D eigenvalue weighted by Gasteiger charge is -2.15. The molecule has 1 aromatic heterocycles. The van der Waals surface area contributed by atoms with Gasteiger partial charge < -0.3 is 10.6 Å². The van der Waals surface area contributed by atoms with Crippen LogP contribution >= 0.6 is 0 Å². The van der Waals surface area contributed by atoms with Crippen molar-refractivity contribution in [1.29, 1.82) is 0 Å². The second kappa shape index (κ2) is 8.77. The molecule has 1 aromatic rings. The molecule has 2 N–H and O–H groups in total. The van der Waals surface area contributed by atoms with Crippen LogP contribution in [0.15, 0.2) is 6.20 Å². The highest BCUT2D eigenvalue weighted by molar-refractivity contribution is 5.75. The highest BCUT2D eigenvalue weighted by atomic mass is 16.2. The fourth-order valence-electron chi connectivity index (χ4n) is 2.73. The van der Waals surface area contributed by atoms with E-state index in [1.54, 1.807) is 4.68 Å². The van der Waals surface area contributed by atoms with E-state index >= 15 is 0 Å². The molecule has 0 saturated heterocycles. The Morgan fingerprint density at radius 1 is 1.33 bits per heavy atom. The van der Waals surface area contributed by atoms with E-state index < -0.39 is 0 Å². The molecule has 0 spiro atoms. The van der Waals surface area contributed by atoms with Crippen molar-refractivity contribution in [1.82, 2.24) is 25.6 Å². The van der Waals surface area contributed by atoms with E-state index in [0.717, 1.165) is 31.5 Å². The van der Waals surface area contributed by atoms with Gasteiger partial charge in [0.05, 0.1) is 11.9 Å². The van der Waals surface area contributed by atoms with Crippen LogP contribution in [0.1, 0.15) is 57.6 Å². The van der Waals surface area contributed by atoms with E-state index in [2.05, 4.69) is 27.9 Å². The number of hydrogen-bond donors (Lipinski definition) is 2. The summed E-state index contributed by atoms with van der Waals surface area (Å²) in [7, 11) is 0. The zero-order valence-electron chi connectivity index (χ0n) is 13.0. The monoisotopic (exact) mass is 293 g/mol. The van der Waals surface area contributed by atoms with E-state index in [4.69, 9.17) is 0 Å². The van der Waals surface area contributed by atoms with Gasteiger partial charge in [-0.05, 0) is 25.8 Å². The van der Waals surface area contributed by atoms with Gasteiger partial charge in [0, 0.05) is 12.6 Å². The van der Waals surface area contributed by atoms with Gasteiger partial charge in [-0.3, -0.25) is 4.79 Å². The Balaban J connectivity index is 1.74. The van der Waals surface area contributed by atoms with Gasteiger partial charge >= 0.3 is 0 Å². The molecule has 0 bridgehead atoms. The number of nitrogens with one attached hydrogen (secondary N) is 2. The van der Waals surface area contributed by atoms with E-state index in [1.165, 1.54) is 25.7 Å². The smallest absolute Gasteiger partial charge is 0.242 e. The van der Waals surface area contributed by atoms with Gasteiger partial charge in [-0.25, -0.2) is 4.68 Å². The molecule has 6 nitrogen and oxygen atoms in total. The van der Waals surface area contributed by atoms with Gasteiger partial charge in [0.25, 0.3) is 0 Å². The van der Waals surface area contributed by atoms with Crippen molar-refractivity contribution >= 4 is 5.91 Å². The second-order valence-electron chi connectivity index (χ2n) is 5.84. The van der Waals surface area contributed by atoms with Crippen molar-refractivity contribution in [3.63, 3.8) is 0 Å². The van der Waals surface area contributed by atoms with Crippen molar-refractivity contribution in [3.8, 4) is 0 Å². The fraction of sp³-hybridized carbons (Fsp3) is 0.800. The Kier molecular flexibility index (Phi) is 6.66. The first-order chi connectivity index (χ1) is 10.3. The van der Waals surface area contributed by atoms with Crippen LogP contribution in [0.5, 0.6) is 0 Å². The summed E-state index contributed by atoms with van der Waals surface area (Å²) in [6.07, 6.45) is 10.2. The second-order valence-corrected chi connectivity index (χ2v) is 5.84. The Labute approximate surface area is 126 Å². The molecule has 0 aliphatic heterocycles. The maximum absolute atomic E-state index is 12.0. The Morgan fingerprint density at radius 3 is 2.81 bits per heavy atom. The number of nitrogens with zero attached hydrogens (tertiary/aromatic N) is 3. The normalized spacial score (nSPS) is 16.6. The maximum Gasteiger partial charge on any atom is 0.242 e. The maximum atomic E-state index is 12.0. The molecular weight excluding hydrogens is 266 g/mol. The molecule has 1 heterocycles. The molecule has 0 atom stereocenters. The zero-order valence-corrected chi connectivity index (χ0v) is 13.0. The quantitative estimate of drug-likeness (QED) is 0.592. The van der Waals surface area contributed by atoms with Crippen LogP contribution < -0.4 is 10.6 Å². The number of amides is 1. The SMILES string of the molecule is CCCNCc1cn(CC(=O)NC2CCCCCC2)nn1. The summed E-state index contributed by atoms with van der Waals surface area (Å²) in [6, 6.07) is 0.342. The van der Waals surface area contributed by atoms with Crippen molar-refractivity contribution in [2.75, 3.05) is 6.54 Å². The molecule has 0 aromatic carbocycles. The Morgan fingerprint density at radius 2 is 2.10 bits per heavy atom. The fourth-order valence-corrected chi connectivity index (χ4v) is 2.73. The summed E-state index contributed by atoms with van der Waals surface area (Å²) >= 11 is 0. The summed E-state index contributed by atoms with van der Waals surface area (Å²) in [4.78, 5) is 12.0. The zero-order chi connectivity index (χ0) is 14.9. The largest absolute Gasteiger partial charge is 0.352 e. The minimum atomic E-state index is 0.0415. The summed E-state index contributed by atoms with van der Waals surface area (Å²) in [5.41, 5.74) is 0.880. The predicted octanol–water partition coefficient (Wildman–Crippen LogP) is 1.62. The molecule has 0 unspecified atom stereocenters. The van der Waals surface area contributed by atoms with Gasteiger partial charge in [-0.15, -0.1) is 5.10 Å². The van der Waals surface area contributed by atoms with Crippen molar-refractivity contribution in [2.24, 2.45) is 0 Å². The van der Waals surface area contributed by atoms with Crippen LogP contribution in [0.25, 0.3) is 0 Å². The molecule has 6 heteroatoms. The summed E-state index contributed by atoms with van der Waals surface area (Å²) < 4.78 is 1.62. The van der Waals surface area contributed by atoms with E-state index in [-0.39, 0.29) is 12.5 Å². The topological polar surface area (TPSA) is 71.8 Å². The third-order valence-corrected chi connectivity index (χ3v) is 3.84. The van der Waals surface area contributed by atoms with Gasteiger partial charge in [0.15, 0.2) is 0 Å². The van der Waals surface area contributed by atoms with Crippen LogP contribution in [0, 0.1) is 0 Å². The highest BCUT2D eigenvalue weighted by Crippen LogP contribution is 2.17. The van der Waals surface area contributed by atoms with E-state index in [0.29, 0.717) is 12.6 Å². The van der Waals surface area contributed by atoms with Gasteiger partial charge in [-0.1, -0.05) is 37.8 Å². The minimum Gasteiger partial charge on any atom is -0.352 e. The molecule has 2 rings (SSSR count). The number of carbonyl (C=O) groups is 1.